The SMILES string of the molecule is CCC(C)N(C(=O)CN1CCN(CC(=O)Nc2c(C)cccc2C)CC1)C1CCS(=O)(=O)C1. The van der Waals surface area contributed by atoms with Gasteiger partial charge in [0.25, 0.3) is 0 Å². The number of hydrogen-bond acceptors (Lipinski definition) is 6. The smallest absolute Gasteiger partial charge is 0.238 e. The lowest BCUT2D eigenvalue weighted by molar-refractivity contribution is -0.137. The predicted molar refractivity (Wildman–Crippen MR) is 131 cm³/mol. The first-order valence-corrected chi connectivity index (χ1v) is 13.7. The number of amides is 2. The Bertz CT molecular complexity index is 937. The van der Waals surface area contributed by atoms with Gasteiger partial charge in [-0.05, 0) is 44.7 Å². The van der Waals surface area contributed by atoms with Crippen molar-refractivity contribution in [1.29, 1.82) is 0 Å². The highest BCUT2D eigenvalue weighted by Gasteiger charge is 2.37. The molecule has 8 nitrogen and oxygen atoms in total. The van der Waals surface area contributed by atoms with Crippen LogP contribution in [0, 0.1) is 13.8 Å². The zero-order valence-electron chi connectivity index (χ0n) is 20.3. The van der Waals surface area contributed by atoms with Crippen LogP contribution in [0.2, 0.25) is 0 Å². The van der Waals surface area contributed by atoms with E-state index in [9.17, 15) is 18.0 Å². The quantitative estimate of drug-likeness (QED) is 0.611. The number of carbonyl (C=O) groups excluding carboxylic acids is 2. The van der Waals surface area contributed by atoms with Crippen molar-refractivity contribution < 1.29 is 18.0 Å². The second kappa shape index (κ2) is 11.0. The molecule has 0 aliphatic carbocycles. The van der Waals surface area contributed by atoms with Gasteiger partial charge in [-0.25, -0.2) is 8.42 Å². The average molecular weight is 479 g/mol. The van der Waals surface area contributed by atoms with Gasteiger partial charge in [0.15, 0.2) is 9.84 Å². The van der Waals surface area contributed by atoms with Gasteiger partial charge in [-0.3, -0.25) is 19.4 Å². The van der Waals surface area contributed by atoms with Crippen LogP contribution in [0.1, 0.15) is 37.8 Å². The maximum absolute atomic E-state index is 13.1. The van der Waals surface area contributed by atoms with E-state index in [0.29, 0.717) is 45.7 Å². The number of rotatable bonds is 8. The van der Waals surface area contributed by atoms with Crippen molar-refractivity contribution in [3.8, 4) is 0 Å². The number of aryl methyl sites for hydroxylation is 2. The molecule has 0 radical (unpaired) electrons. The third-order valence-corrected chi connectivity index (χ3v) is 8.64. The van der Waals surface area contributed by atoms with Gasteiger partial charge in [0.2, 0.25) is 11.8 Å². The Morgan fingerprint density at radius 1 is 1.09 bits per heavy atom. The highest BCUT2D eigenvalue weighted by atomic mass is 32.2. The Kier molecular flexibility index (Phi) is 8.53. The standard InChI is InChI=1S/C24H38N4O4S/c1-5-20(4)28(21-9-14-33(31,32)17-21)23(30)16-27-12-10-26(11-13-27)15-22(29)25-24-18(2)7-6-8-19(24)3/h6-8,20-21H,5,9-17H2,1-4H3,(H,25,29). The molecule has 0 bridgehead atoms. The number of anilines is 1. The predicted octanol–water partition coefficient (Wildman–Crippen LogP) is 1.67. The van der Waals surface area contributed by atoms with E-state index in [-0.39, 0.29) is 35.4 Å². The third-order valence-electron chi connectivity index (χ3n) is 6.89. The van der Waals surface area contributed by atoms with E-state index >= 15 is 0 Å². The summed E-state index contributed by atoms with van der Waals surface area (Å²) in [6.45, 7) is 11.5. The molecule has 1 aromatic rings. The summed E-state index contributed by atoms with van der Waals surface area (Å²) in [5.41, 5.74) is 2.98. The van der Waals surface area contributed by atoms with Crippen LogP contribution in [-0.2, 0) is 19.4 Å². The monoisotopic (exact) mass is 478 g/mol. The molecule has 1 aromatic carbocycles. The van der Waals surface area contributed by atoms with Gasteiger partial charge in [-0.2, -0.15) is 0 Å². The highest BCUT2D eigenvalue weighted by molar-refractivity contribution is 7.91. The molecule has 2 heterocycles. The summed E-state index contributed by atoms with van der Waals surface area (Å²) in [4.78, 5) is 31.8. The number of hydrogen-bond donors (Lipinski definition) is 1. The fourth-order valence-corrected chi connectivity index (χ4v) is 6.48. The van der Waals surface area contributed by atoms with Crippen LogP contribution in [0.4, 0.5) is 5.69 Å². The number of nitrogens with one attached hydrogen (secondary N) is 1. The summed E-state index contributed by atoms with van der Waals surface area (Å²) in [5, 5.41) is 3.04. The normalized spacial score (nSPS) is 22.1. The molecule has 2 atom stereocenters. The molecule has 33 heavy (non-hydrogen) atoms. The Balaban J connectivity index is 1.49. The van der Waals surface area contributed by atoms with Crippen LogP contribution < -0.4 is 5.32 Å². The minimum Gasteiger partial charge on any atom is -0.335 e. The first kappa shape index (κ1) is 25.6. The van der Waals surface area contributed by atoms with Crippen molar-refractivity contribution in [3.63, 3.8) is 0 Å². The maximum Gasteiger partial charge on any atom is 0.238 e. The van der Waals surface area contributed by atoms with E-state index in [1.54, 1.807) is 0 Å². The summed E-state index contributed by atoms with van der Waals surface area (Å²) >= 11 is 0. The van der Waals surface area contributed by atoms with Crippen molar-refractivity contribution in [2.75, 3.05) is 56.1 Å². The van der Waals surface area contributed by atoms with E-state index in [4.69, 9.17) is 0 Å². The number of benzene rings is 1. The van der Waals surface area contributed by atoms with Crippen LogP contribution in [0.3, 0.4) is 0 Å². The molecule has 0 spiro atoms. The fourth-order valence-electron chi connectivity index (χ4n) is 4.77. The molecular formula is C24H38N4O4S. The van der Waals surface area contributed by atoms with Gasteiger partial charge in [0.1, 0.15) is 0 Å². The second-order valence-corrected chi connectivity index (χ2v) is 11.7. The van der Waals surface area contributed by atoms with Gasteiger partial charge in [0, 0.05) is 44.0 Å². The third kappa shape index (κ3) is 6.77. The molecule has 9 heteroatoms. The van der Waals surface area contributed by atoms with Gasteiger partial charge in [0.05, 0.1) is 24.6 Å². The molecule has 2 unspecified atom stereocenters. The lowest BCUT2D eigenvalue weighted by Gasteiger charge is -2.38. The van der Waals surface area contributed by atoms with Crippen molar-refractivity contribution >= 4 is 27.3 Å². The number of nitrogens with zero attached hydrogens (tertiary/aromatic N) is 3. The summed E-state index contributed by atoms with van der Waals surface area (Å²) in [7, 11) is -3.05. The second-order valence-electron chi connectivity index (χ2n) is 9.48. The fraction of sp³-hybridized carbons (Fsp3) is 0.667. The highest BCUT2D eigenvalue weighted by Crippen LogP contribution is 2.22. The Morgan fingerprint density at radius 2 is 1.67 bits per heavy atom. The molecule has 1 N–H and O–H groups in total. The topological polar surface area (TPSA) is 90.0 Å². The van der Waals surface area contributed by atoms with E-state index in [0.717, 1.165) is 23.2 Å². The molecule has 2 aliphatic heterocycles. The van der Waals surface area contributed by atoms with Crippen LogP contribution in [0.5, 0.6) is 0 Å². The Labute approximate surface area is 198 Å². The van der Waals surface area contributed by atoms with Crippen LogP contribution in [-0.4, -0.2) is 97.8 Å². The van der Waals surface area contributed by atoms with Crippen LogP contribution >= 0.6 is 0 Å². The molecular weight excluding hydrogens is 440 g/mol. The lowest BCUT2D eigenvalue weighted by Crippen LogP contribution is -2.54. The number of sulfone groups is 1. The van der Waals surface area contributed by atoms with Crippen molar-refractivity contribution in [1.82, 2.24) is 14.7 Å². The molecule has 3 rings (SSSR count). The summed E-state index contributed by atoms with van der Waals surface area (Å²) in [6.07, 6.45) is 1.33. The van der Waals surface area contributed by atoms with Gasteiger partial charge < -0.3 is 10.2 Å². The van der Waals surface area contributed by atoms with Crippen LogP contribution in [0.15, 0.2) is 18.2 Å². The zero-order chi connectivity index (χ0) is 24.2. The van der Waals surface area contributed by atoms with Crippen molar-refractivity contribution in [2.45, 2.75) is 52.6 Å². The summed E-state index contributed by atoms with van der Waals surface area (Å²) in [5.74, 6) is 0.225. The summed E-state index contributed by atoms with van der Waals surface area (Å²) < 4.78 is 23.9. The van der Waals surface area contributed by atoms with E-state index in [2.05, 4.69) is 15.1 Å². The Hall–Kier alpha value is -1.97. The average Bonchev–Trinajstić information content (AvgIpc) is 3.11. The molecule has 2 fully saturated rings. The molecule has 2 amide bonds. The lowest BCUT2D eigenvalue weighted by atomic mass is 10.1. The minimum absolute atomic E-state index is 0.00710. The first-order chi connectivity index (χ1) is 15.6. The molecule has 2 saturated heterocycles. The van der Waals surface area contributed by atoms with E-state index in [1.807, 2.05) is 50.8 Å². The van der Waals surface area contributed by atoms with Gasteiger partial charge in [-0.1, -0.05) is 25.1 Å². The molecule has 184 valence electrons. The molecule has 0 aromatic heterocycles. The number of para-hydroxylation sites is 1. The van der Waals surface area contributed by atoms with Gasteiger partial charge >= 0.3 is 0 Å². The number of carbonyl (C=O) groups is 2. The first-order valence-electron chi connectivity index (χ1n) is 11.9. The maximum atomic E-state index is 13.1. The molecule has 0 saturated carbocycles. The summed E-state index contributed by atoms with van der Waals surface area (Å²) in [6, 6.07) is 5.76. The minimum atomic E-state index is -3.05. The van der Waals surface area contributed by atoms with Crippen LogP contribution in [0.25, 0.3) is 0 Å². The van der Waals surface area contributed by atoms with E-state index in [1.165, 1.54) is 0 Å². The zero-order valence-corrected chi connectivity index (χ0v) is 21.2. The molecule has 2 aliphatic rings. The van der Waals surface area contributed by atoms with Crippen molar-refractivity contribution in [3.05, 3.63) is 29.3 Å². The largest absolute Gasteiger partial charge is 0.335 e. The number of piperazine rings is 1. The van der Waals surface area contributed by atoms with Crippen molar-refractivity contribution in [2.24, 2.45) is 0 Å². The van der Waals surface area contributed by atoms with Gasteiger partial charge in [-0.15, -0.1) is 0 Å². The van der Waals surface area contributed by atoms with E-state index < -0.39 is 9.84 Å². The Morgan fingerprint density at radius 3 is 2.18 bits per heavy atom.